The number of hydrogen-bond donors (Lipinski definition) is 2. The molecule has 2 aromatic heterocycles. The van der Waals surface area contributed by atoms with Gasteiger partial charge >= 0.3 is 12.2 Å². The first-order valence-electron chi connectivity index (χ1n) is 19.3. The molecule has 16 heteroatoms. The lowest BCUT2D eigenvalue weighted by Gasteiger charge is -2.33. The smallest absolute Gasteiger partial charge is 0.417 e. The highest BCUT2D eigenvalue weighted by Crippen LogP contribution is 2.36. The van der Waals surface area contributed by atoms with Crippen LogP contribution >= 0.6 is 15.9 Å². The van der Waals surface area contributed by atoms with Crippen LogP contribution < -0.4 is 25.8 Å². The summed E-state index contributed by atoms with van der Waals surface area (Å²) in [6.45, 7) is 12.7. The van der Waals surface area contributed by atoms with Gasteiger partial charge in [-0.25, -0.2) is 9.78 Å². The van der Waals surface area contributed by atoms with Crippen molar-refractivity contribution in [2.45, 2.75) is 85.5 Å². The number of amides is 3. The first-order chi connectivity index (χ1) is 27.1. The molecule has 1 saturated heterocycles. The molecule has 0 saturated carbocycles. The van der Waals surface area contributed by atoms with Gasteiger partial charge in [-0.1, -0.05) is 42.6 Å². The largest absolute Gasteiger partial charge is 0.489 e. The highest BCUT2D eigenvalue weighted by Gasteiger charge is 2.34. The fraction of sp³-hybridized carbons (Fsp3) is 0.488. The van der Waals surface area contributed by atoms with Crippen LogP contribution in [0.4, 0.5) is 35.2 Å². The van der Waals surface area contributed by atoms with Crippen molar-refractivity contribution in [3.05, 3.63) is 80.4 Å². The number of carbonyl (C=O) groups is 2. The number of benzene rings is 2. The van der Waals surface area contributed by atoms with Crippen LogP contribution in [0.15, 0.2) is 58.1 Å². The Morgan fingerprint density at radius 1 is 1.05 bits per heavy atom. The summed E-state index contributed by atoms with van der Waals surface area (Å²) in [5.41, 5.74) is 1.41. The van der Waals surface area contributed by atoms with E-state index in [0.717, 1.165) is 22.2 Å². The topological polar surface area (TPSA) is 131 Å². The summed E-state index contributed by atoms with van der Waals surface area (Å²) < 4.78 is 56.5. The zero-order chi connectivity index (χ0) is 41.3. The molecule has 57 heavy (non-hydrogen) atoms. The quantitative estimate of drug-likeness (QED) is 0.107. The molecule has 1 aliphatic heterocycles. The molecule has 4 aromatic rings. The van der Waals surface area contributed by atoms with E-state index in [9.17, 15) is 27.6 Å². The first-order valence-corrected chi connectivity index (χ1v) is 20.1. The molecule has 1 aliphatic rings. The molecule has 0 radical (unpaired) electrons. The average molecular weight is 859 g/mol. The Morgan fingerprint density at radius 3 is 2.53 bits per heavy atom. The van der Waals surface area contributed by atoms with E-state index in [4.69, 9.17) is 9.47 Å². The number of nitrogens with one attached hydrogen (secondary N) is 2. The number of aromatic nitrogens is 3. The molecule has 12 nitrogen and oxygen atoms in total. The fourth-order valence-corrected chi connectivity index (χ4v) is 7.12. The number of unbranched alkanes of at least 4 members (excludes halogenated alkanes) is 3. The molecule has 1 atom stereocenters. The van der Waals surface area contributed by atoms with E-state index in [-0.39, 0.29) is 36.1 Å². The van der Waals surface area contributed by atoms with Gasteiger partial charge in [-0.05, 0) is 75.4 Å². The number of nitrogens with zero attached hydrogens (tertiary/aromatic N) is 5. The van der Waals surface area contributed by atoms with Gasteiger partial charge < -0.3 is 29.2 Å². The van der Waals surface area contributed by atoms with Crippen LogP contribution in [0.2, 0.25) is 0 Å². The van der Waals surface area contributed by atoms with E-state index in [1.54, 1.807) is 48.4 Å². The average Bonchev–Trinajstić information content (AvgIpc) is 3.16. The van der Waals surface area contributed by atoms with Crippen molar-refractivity contribution < 1.29 is 32.2 Å². The van der Waals surface area contributed by atoms with Crippen molar-refractivity contribution in [3.63, 3.8) is 0 Å². The van der Waals surface area contributed by atoms with Crippen LogP contribution in [0.3, 0.4) is 0 Å². The van der Waals surface area contributed by atoms with Crippen LogP contribution in [-0.4, -0.2) is 76.9 Å². The van der Waals surface area contributed by atoms with E-state index in [1.807, 2.05) is 18.7 Å². The molecule has 1 fully saturated rings. The highest BCUT2D eigenvalue weighted by molar-refractivity contribution is 9.10. The lowest BCUT2D eigenvalue weighted by Crippen LogP contribution is -2.47. The number of urea groups is 1. The number of pyridine rings is 1. The molecular weight excluding hydrogens is 807 g/mol. The van der Waals surface area contributed by atoms with Crippen LogP contribution in [0, 0.1) is 19.8 Å². The van der Waals surface area contributed by atoms with Crippen molar-refractivity contribution in [3.8, 4) is 5.75 Å². The maximum absolute atomic E-state index is 14.1. The van der Waals surface area contributed by atoms with Crippen LogP contribution in [0.5, 0.6) is 5.75 Å². The van der Waals surface area contributed by atoms with E-state index < -0.39 is 23.3 Å². The minimum atomic E-state index is -4.66. The van der Waals surface area contributed by atoms with Crippen molar-refractivity contribution in [2.24, 2.45) is 5.92 Å². The first kappa shape index (κ1) is 43.4. The maximum Gasteiger partial charge on any atom is 0.417 e. The summed E-state index contributed by atoms with van der Waals surface area (Å²) in [5.74, 6) is 1.06. The predicted octanol–water partition coefficient (Wildman–Crippen LogP) is 8.57. The molecule has 5 rings (SSSR count). The zero-order valence-corrected chi connectivity index (χ0v) is 34.6. The number of ether oxygens (including phenoxy) is 2. The Morgan fingerprint density at radius 2 is 1.82 bits per heavy atom. The molecule has 0 bridgehead atoms. The number of hydrogen-bond acceptors (Lipinski definition) is 8. The summed E-state index contributed by atoms with van der Waals surface area (Å²) >= 11 is 3.51. The molecule has 0 unspecified atom stereocenters. The number of carbonyl (C=O) groups excluding carboxylic acids is 2. The van der Waals surface area contributed by atoms with E-state index in [1.165, 1.54) is 10.8 Å². The van der Waals surface area contributed by atoms with Crippen LogP contribution in [0.25, 0.3) is 10.9 Å². The normalized spacial score (nSPS) is 14.6. The second-order valence-electron chi connectivity index (χ2n) is 14.7. The van der Waals surface area contributed by atoms with Gasteiger partial charge in [-0.3, -0.25) is 19.9 Å². The monoisotopic (exact) mass is 857 g/mol. The van der Waals surface area contributed by atoms with Crippen molar-refractivity contribution in [1.29, 1.82) is 0 Å². The van der Waals surface area contributed by atoms with Gasteiger partial charge in [0.25, 0.3) is 5.56 Å². The Balaban J connectivity index is 1.11. The summed E-state index contributed by atoms with van der Waals surface area (Å²) in [6.07, 6.45) is 0.948. The van der Waals surface area contributed by atoms with Gasteiger partial charge in [0.2, 0.25) is 5.91 Å². The third-order valence-corrected chi connectivity index (χ3v) is 10.6. The third-order valence-electron chi connectivity index (χ3n) is 9.70. The summed E-state index contributed by atoms with van der Waals surface area (Å²) in [5, 5.41) is 5.46. The van der Waals surface area contributed by atoms with Gasteiger partial charge in [-0.2, -0.15) is 13.2 Å². The number of alkyl halides is 3. The van der Waals surface area contributed by atoms with Crippen LogP contribution in [-0.2, 0) is 22.3 Å². The SMILES string of the molecule is CCN(CC(C)C)c1ccc2c(c1)c(C(F)(F)F)cc(=O)n2CCCCCCC(=O)N1CCO[C@H](COc2cc(C)c(Br)cc2NC(=O)Nc2cnc(C)cn2)C1. The molecule has 0 aliphatic carbocycles. The molecule has 308 valence electrons. The summed E-state index contributed by atoms with van der Waals surface area (Å²) in [4.78, 5) is 51.0. The Hall–Kier alpha value is -4.70. The van der Waals surface area contributed by atoms with E-state index >= 15 is 0 Å². The molecule has 0 spiro atoms. The van der Waals surface area contributed by atoms with Gasteiger partial charge in [-0.15, -0.1) is 0 Å². The standard InChI is InChI=1S/C41H51BrF3N7O5/c1-6-50(23-26(2)3)29-12-13-35-31(18-29)32(41(43,44)45)19-39(54)52(35)14-10-8-7-9-11-38(53)51-15-16-56-30(24-51)25-57-36-17-27(4)33(42)20-34(36)48-40(55)49-37-22-46-28(5)21-47-37/h12-13,17-22,26,30H,6-11,14-16,23-25H2,1-5H3,(H2,47,48,49,55)/t30-/m0/s1. The zero-order valence-electron chi connectivity index (χ0n) is 33.0. The predicted molar refractivity (Wildman–Crippen MR) is 219 cm³/mol. The van der Waals surface area contributed by atoms with E-state index in [2.05, 4.69) is 50.4 Å². The van der Waals surface area contributed by atoms with Crippen molar-refractivity contribution in [2.75, 3.05) is 54.9 Å². The van der Waals surface area contributed by atoms with Gasteiger partial charge in [0, 0.05) is 54.2 Å². The number of halogens is 4. The molecule has 3 heterocycles. The van der Waals surface area contributed by atoms with Crippen molar-refractivity contribution >= 4 is 56.0 Å². The Bertz CT molecular complexity index is 2080. The molecular formula is C41H51BrF3N7O5. The molecule has 3 amide bonds. The minimum absolute atomic E-state index is 0.000338. The lowest BCUT2D eigenvalue weighted by atomic mass is 10.1. The van der Waals surface area contributed by atoms with E-state index in [0.29, 0.717) is 93.4 Å². The maximum atomic E-state index is 14.1. The third kappa shape index (κ3) is 11.9. The van der Waals surface area contributed by atoms with Gasteiger partial charge in [0.1, 0.15) is 18.5 Å². The van der Waals surface area contributed by atoms with Gasteiger partial charge in [0.05, 0.1) is 48.0 Å². The lowest BCUT2D eigenvalue weighted by molar-refractivity contribution is -0.140. The second kappa shape index (κ2) is 19.6. The minimum Gasteiger partial charge on any atom is -0.489 e. The van der Waals surface area contributed by atoms with Gasteiger partial charge in [0.15, 0.2) is 5.82 Å². The highest BCUT2D eigenvalue weighted by atomic mass is 79.9. The number of aryl methyl sites for hydroxylation is 3. The fourth-order valence-electron chi connectivity index (χ4n) is 6.78. The second-order valence-corrected chi connectivity index (χ2v) is 15.6. The number of rotatable bonds is 16. The molecule has 2 N–H and O–H groups in total. The summed E-state index contributed by atoms with van der Waals surface area (Å²) in [6, 6.07) is 8.71. The van der Waals surface area contributed by atoms with Crippen LogP contribution in [0.1, 0.15) is 69.7 Å². The Kier molecular flexibility index (Phi) is 15.0. The Labute approximate surface area is 339 Å². The van der Waals surface area contributed by atoms with Crippen molar-refractivity contribution in [1.82, 2.24) is 19.4 Å². The summed E-state index contributed by atoms with van der Waals surface area (Å²) in [7, 11) is 0. The number of morpholine rings is 1. The number of fused-ring (bicyclic) bond motifs is 1. The molecule has 2 aromatic carbocycles. The number of anilines is 3.